The maximum absolute atomic E-state index is 14.0. The first-order valence-corrected chi connectivity index (χ1v) is 13.4. The molecular formula is C29H29FN2O5S. The first-order chi connectivity index (χ1) is 18.0. The highest BCUT2D eigenvalue weighted by atomic mass is 32.2. The van der Waals surface area contributed by atoms with E-state index in [0.29, 0.717) is 16.8 Å². The molecule has 38 heavy (non-hydrogen) atoms. The van der Waals surface area contributed by atoms with Gasteiger partial charge >= 0.3 is 5.97 Å². The van der Waals surface area contributed by atoms with E-state index in [1.807, 2.05) is 24.3 Å². The lowest BCUT2D eigenvalue weighted by Crippen LogP contribution is -2.43. The van der Waals surface area contributed by atoms with Crippen LogP contribution in [0.4, 0.5) is 4.39 Å². The number of fused-ring (bicyclic) bond motifs is 1. The standard InChI is InChI=1S/C29H29FN2O5S/c1-18-26(19(2)31(4)27(18)29(34)37-5)28(33)20(3)32(17-21-10-13-24(30)14-11-21)38(35,36)25-15-12-22-8-6-7-9-23(22)16-25/h6-16,20H,17H2,1-5H3. The number of carbonyl (C=O) groups excluding carboxylic acids is 2. The van der Waals surface area contributed by atoms with E-state index in [9.17, 15) is 22.4 Å². The van der Waals surface area contributed by atoms with Crippen molar-refractivity contribution in [3.63, 3.8) is 0 Å². The lowest BCUT2D eigenvalue weighted by molar-refractivity contribution is 0.0588. The number of methoxy groups -OCH3 is 1. The van der Waals surface area contributed by atoms with E-state index in [-0.39, 0.29) is 22.7 Å². The zero-order valence-corrected chi connectivity index (χ0v) is 22.7. The zero-order valence-electron chi connectivity index (χ0n) is 21.9. The summed E-state index contributed by atoms with van der Waals surface area (Å²) in [6.07, 6.45) is 0. The van der Waals surface area contributed by atoms with Gasteiger partial charge in [0.05, 0.1) is 18.0 Å². The van der Waals surface area contributed by atoms with Crippen molar-refractivity contribution < 1.29 is 27.1 Å². The number of sulfonamides is 1. The number of ether oxygens (including phenoxy) is 1. The fourth-order valence-corrected chi connectivity index (χ4v) is 6.35. The van der Waals surface area contributed by atoms with E-state index in [1.54, 1.807) is 37.6 Å². The van der Waals surface area contributed by atoms with Gasteiger partial charge in [-0.1, -0.05) is 42.5 Å². The molecule has 0 radical (unpaired) electrons. The van der Waals surface area contributed by atoms with Gasteiger partial charge in [-0.2, -0.15) is 4.31 Å². The minimum Gasteiger partial charge on any atom is -0.464 e. The molecule has 0 aliphatic carbocycles. The van der Waals surface area contributed by atoms with Crippen LogP contribution in [-0.4, -0.2) is 42.2 Å². The Morgan fingerprint density at radius 3 is 2.26 bits per heavy atom. The van der Waals surface area contributed by atoms with Gasteiger partial charge in [0, 0.05) is 24.8 Å². The summed E-state index contributed by atoms with van der Waals surface area (Å²) >= 11 is 0. The van der Waals surface area contributed by atoms with E-state index < -0.39 is 33.6 Å². The number of halogens is 1. The van der Waals surface area contributed by atoms with E-state index in [4.69, 9.17) is 4.74 Å². The Balaban J connectivity index is 1.82. The Morgan fingerprint density at radius 1 is 1.00 bits per heavy atom. The topological polar surface area (TPSA) is 85.7 Å². The predicted molar refractivity (Wildman–Crippen MR) is 143 cm³/mol. The molecule has 0 aliphatic rings. The number of aromatic nitrogens is 1. The molecule has 1 aromatic heterocycles. The van der Waals surface area contributed by atoms with E-state index in [2.05, 4.69) is 0 Å². The molecular weight excluding hydrogens is 507 g/mol. The van der Waals surface area contributed by atoms with Crippen LogP contribution in [-0.2, 0) is 28.4 Å². The second-order valence-corrected chi connectivity index (χ2v) is 11.1. The Morgan fingerprint density at radius 2 is 1.63 bits per heavy atom. The average Bonchev–Trinajstić information content (AvgIpc) is 3.13. The number of ketones is 1. The van der Waals surface area contributed by atoms with Crippen LogP contribution in [0.2, 0.25) is 0 Å². The molecule has 0 N–H and O–H groups in total. The molecule has 0 amide bonds. The van der Waals surface area contributed by atoms with Crippen LogP contribution >= 0.6 is 0 Å². The molecule has 0 fully saturated rings. The second-order valence-electron chi connectivity index (χ2n) is 9.21. The highest BCUT2D eigenvalue weighted by Crippen LogP contribution is 2.29. The minimum absolute atomic E-state index is 0.0368. The molecule has 1 unspecified atom stereocenters. The fourth-order valence-electron chi connectivity index (χ4n) is 4.73. The molecule has 4 aromatic rings. The van der Waals surface area contributed by atoms with Crippen LogP contribution in [0.3, 0.4) is 0 Å². The summed E-state index contributed by atoms with van der Waals surface area (Å²) in [5.41, 5.74) is 1.94. The van der Waals surface area contributed by atoms with Crippen molar-refractivity contribution >= 4 is 32.5 Å². The molecule has 0 aliphatic heterocycles. The lowest BCUT2D eigenvalue weighted by Gasteiger charge is -2.28. The highest BCUT2D eigenvalue weighted by Gasteiger charge is 2.36. The third-order valence-corrected chi connectivity index (χ3v) is 8.86. The van der Waals surface area contributed by atoms with Crippen LogP contribution in [0.25, 0.3) is 10.8 Å². The third-order valence-electron chi connectivity index (χ3n) is 6.95. The monoisotopic (exact) mass is 536 g/mol. The van der Waals surface area contributed by atoms with Crippen molar-refractivity contribution in [2.45, 2.75) is 38.3 Å². The molecule has 1 heterocycles. The molecule has 0 saturated heterocycles. The van der Waals surface area contributed by atoms with Gasteiger partial charge in [0.1, 0.15) is 11.5 Å². The van der Waals surface area contributed by atoms with E-state index >= 15 is 0 Å². The van der Waals surface area contributed by atoms with Crippen molar-refractivity contribution in [3.05, 3.63) is 101 Å². The minimum atomic E-state index is -4.18. The summed E-state index contributed by atoms with van der Waals surface area (Å²) in [4.78, 5) is 26.3. The van der Waals surface area contributed by atoms with Crippen LogP contribution < -0.4 is 0 Å². The van der Waals surface area contributed by atoms with Gasteiger partial charge in [0.15, 0.2) is 5.78 Å². The number of esters is 1. The summed E-state index contributed by atoms with van der Waals surface area (Å²) in [5.74, 6) is -1.50. The van der Waals surface area contributed by atoms with Gasteiger partial charge in [-0.15, -0.1) is 0 Å². The largest absolute Gasteiger partial charge is 0.464 e. The quantitative estimate of drug-likeness (QED) is 0.229. The third kappa shape index (κ3) is 4.87. The Labute approximate surface area is 221 Å². The molecule has 0 saturated carbocycles. The zero-order chi connectivity index (χ0) is 27.8. The van der Waals surface area contributed by atoms with Gasteiger partial charge in [-0.3, -0.25) is 4.79 Å². The maximum Gasteiger partial charge on any atom is 0.354 e. The molecule has 1 atom stereocenters. The summed E-state index contributed by atoms with van der Waals surface area (Å²) < 4.78 is 49.2. The Bertz CT molecular complexity index is 1640. The smallest absolute Gasteiger partial charge is 0.354 e. The van der Waals surface area contributed by atoms with Gasteiger partial charge < -0.3 is 9.30 Å². The first-order valence-electron chi connectivity index (χ1n) is 12.0. The van der Waals surface area contributed by atoms with E-state index in [1.165, 1.54) is 44.4 Å². The SMILES string of the molecule is COC(=O)c1c(C)c(C(=O)C(C)N(Cc2ccc(F)cc2)S(=O)(=O)c2ccc3ccccc3c2)c(C)n1C. The second kappa shape index (κ2) is 10.5. The number of benzene rings is 3. The fraction of sp³-hybridized carbons (Fsp3) is 0.241. The molecule has 7 nitrogen and oxygen atoms in total. The molecule has 4 rings (SSSR count). The van der Waals surface area contributed by atoms with Crippen molar-refractivity contribution in [1.29, 1.82) is 0 Å². The van der Waals surface area contributed by atoms with Crippen LogP contribution in [0, 0.1) is 19.7 Å². The van der Waals surface area contributed by atoms with E-state index in [0.717, 1.165) is 15.1 Å². The molecule has 198 valence electrons. The Hall–Kier alpha value is -3.82. The molecule has 3 aromatic carbocycles. The number of hydrogen-bond donors (Lipinski definition) is 0. The number of carbonyl (C=O) groups is 2. The summed E-state index contributed by atoms with van der Waals surface area (Å²) in [6.45, 7) is 4.70. The van der Waals surface area contributed by atoms with Crippen LogP contribution in [0.15, 0.2) is 71.6 Å². The average molecular weight is 537 g/mol. The lowest BCUT2D eigenvalue weighted by atomic mass is 10.0. The van der Waals surface area contributed by atoms with Crippen molar-refractivity contribution in [3.8, 4) is 0 Å². The maximum atomic E-state index is 14.0. The number of hydrogen-bond acceptors (Lipinski definition) is 5. The number of Topliss-reactive ketones (excluding diaryl/α,β-unsaturated/α-hetero) is 1. The summed E-state index contributed by atoms with van der Waals surface area (Å²) in [7, 11) is -1.27. The molecule has 0 spiro atoms. The van der Waals surface area contributed by atoms with Gasteiger partial charge in [0.2, 0.25) is 10.0 Å². The highest BCUT2D eigenvalue weighted by molar-refractivity contribution is 7.89. The van der Waals surface area contributed by atoms with Gasteiger partial charge in [0.25, 0.3) is 0 Å². The number of rotatable bonds is 8. The van der Waals surface area contributed by atoms with Crippen molar-refractivity contribution in [1.82, 2.24) is 8.87 Å². The summed E-state index contributed by atoms with van der Waals surface area (Å²) in [5, 5.41) is 1.62. The summed E-state index contributed by atoms with van der Waals surface area (Å²) in [6, 6.07) is 16.5. The number of nitrogens with zero attached hydrogens (tertiary/aromatic N) is 2. The molecule has 9 heteroatoms. The van der Waals surface area contributed by atoms with Crippen LogP contribution in [0.5, 0.6) is 0 Å². The van der Waals surface area contributed by atoms with Gasteiger partial charge in [-0.05, 0) is 66.9 Å². The van der Waals surface area contributed by atoms with Crippen LogP contribution in [0.1, 0.15) is 44.6 Å². The first kappa shape index (κ1) is 27.2. The van der Waals surface area contributed by atoms with Crippen molar-refractivity contribution in [2.75, 3.05) is 7.11 Å². The van der Waals surface area contributed by atoms with Crippen molar-refractivity contribution in [2.24, 2.45) is 7.05 Å². The predicted octanol–water partition coefficient (Wildman–Crippen LogP) is 5.18. The Kier molecular flexibility index (Phi) is 7.53. The van der Waals surface area contributed by atoms with Gasteiger partial charge in [-0.25, -0.2) is 17.6 Å². The molecule has 0 bridgehead atoms. The normalized spacial score (nSPS) is 12.6.